The number of rotatable bonds is 2. The Labute approximate surface area is 151 Å². The topological polar surface area (TPSA) is 60.2 Å². The van der Waals surface area contributed by atoms with E-state index >= 15 is 0 Å². The van der Waals surface area contributed by atoms with Crippen molar-refractivity contribution in [3.63, 3.8) is 0 Å². The summed E-state index contributed by atoms with van der Waals surface area (Å²) in [5.41, 5.74) is 0.00993. The molecular weight excluding hydrogens is 361 g/mol. The van der Waals surface area contributed by atoms with Crippen molar-refractivity contribution < 1.29 is 22.7 Å². The van der Waals surface area contributed by atoms with Crippen molar-refractivity contribution in [2.45, 2.75) is 6.18 Å². The molecule has 0 saturated heterocycles. The molecule has 1 aliphatic rings. The van der Waals surface area contributed by atoms with Gasteiger partial charge in [-0.15, -0.1) is 5.10 Å². The molecule has 2 aromatic carbocycles. The van der Waals surface area contributed by atoms with E-state index in [2.05, 4.69) is 10.3 Å². The highest BCUT2D eigenvalue weighted by Gasteiger charge is 2.31. The maximum Gasteiger partial charge on any atom is 0.416 e. The molecule has 1 aromatic heterocycles. The first kappa shape index (κ1) is 17.1. The number of hydrogen-bond acceptors (Lipinski definition) is 4. The van der Waals surface area contributed by atoms with Gasteiger partial charge in [-0.2, -0.15) is 13.2 Å². The number of ether oxygens (including phenoxy) is 1. The average molecular weight is 374 g/mol. The molecule has 0 unspecified atom stereocenters. The number of amides is 1. The van der Waals surface area contributed by atoms with Crippen LogP contribution in [0, 0.1) is 0 Å². The maximum absolute atomic E-state index is 12.9. The highest BCUT2D eigenvalue weighted by molar-refractivity contribution is 6.05. The number of carbonyl (C=O) groups excluding carboxylic acids is 1. The maximum atomic E-state index is 12.9. The number of nitrogens with zero attached hydrogens (tertiary/aromatic N) is 4. The summed E-state index contributed by atoms with van der Waals surface area (Å²) in [4.78, 5) is 14.3. The summed E-state index contributed by atoms with van der Waals surface area (Å²) >= 11 is 0. The van der Waals surface area contributed by atoms with E-state index in [1.807, 2.05) is 0 Å². The van der Waals surface area contributed by atoms with Gasteiger partial charge >= 0.3 is 6.18 Å². The van der Waals surface area contributed by atoms with Gasteiger partial charge in [0.2, 0.25) is 0 Å². The molecule has 0 N–H and O–H groups in total. The first-order valence-electron chi connectivity index (χ1n) is 8.07. The SMILES string of the molecule is O=C(c1cn(-c2cccc(C(F)(F)F)c2)nn1)N1CCOc2ccccc21. The number of anilines is 1. The van der Waals surface area contributed by atoms with Crippen molar-refractivity contribution in [2.24, 2.45) is 0 Å². The zero-order valence-corrected chi connectivity index (χ0v) is 13.8. The van der Waals surface area contributed by atoms with Crippen LogP contribution in [0.1, 0.15) is 16.1 Å². The minimum atomic E-state index is -4.47. The predicted octanol–water partition coefficient (Wildman–Crippen LogP) is 3.33. The smallest absolute Gasteiger partial charge is 0.416 e. The molecule has 0 radical (unpaired) electrons. The molecule has 138 valence electrons. The van der Waals surface area contributed by atoms with Crippen molar-refractivity contribution in [3.05, 3.63) is 66.0 Å². The third-order valence-corrected chi connectivity index (χ3v) is 4.12. The Morgan fingerprint density at radius 1 is 1.11 bits per heavy atom. The fourth-order valence-electron chi connectivity index (χ4n) is 2.83. The van der Waals surface area contributed by atoms with Crippen LogP contribution in [0.3, 0.4) is 0 Å². The van der Waals surface area contributed by atoms with Gasteiger partial charge in [0.1, 0.15) is 12.4 Å². The Morgan fingerprint density at radius 2 is 1.93 bits per heavy atom. The van der Waals surface area contributed by atoms with Gasteiger partial charge in [0.15, 0.2) is 5.69 Å². The van der Waals surface area contributed by atoms with E-state index in [9.17, 15) is 18.0 Å². The quantitative estimate of drug-likeness (QED) is 0.690. The summed E-state index contributed by atoms with van der Waals surface area (Å²) in [6.07, 6.45) is -3.15. The van der Waals surface area contributed by atoms with Crippen LogP contribution in [0.5, 0.6) is 5.75 Å². The molecule has 0 aliphatic carbocycles. The minimum absolute atomic E-state index is 0.0316. The lowest BCUT2D eigenvalue weighted by Gasteiger charge is -2.28. The van der Waals surface area contributed by atoms with Gasteiger partial charge in [-0.3, -0.25) is 9.69 Å². The molecule has 3 aromatic rings. The predicted molar refractivity (Wildman–Crippen MR) is 90.0 cm³/mol. The number of fused-ring (bicyclic) bond motifs is 1. The second kappa shape index (κ2) is 6.42. The lowest BCUT2D eigenvalue weighted by atomic mass is 10.2. The van der Waals surface area contributed by atoms with Gasteiger partial charge in [-0.25, -0.2) is 4.68 Å². The van der Waals surface area contributed by atoms with Crippen molar-refractivity contribution in [3.8, 4) is 11.4 Å². The number of hydrogen-bond donors (Lipinski definition) is 0. The summed E-state index contributed by atoms with van der Waals surface area (Å²) in [6.45, 7) is 0.677. The number of carbonyl (C=O) groups is 1. The molecule has 2 heterocycles. The highest BCUT2D eigenvalue weighted by atomic mass is 19.4. The second-order valence-electron chi connectivity index (χ2n) is 5.87. The van der Waals surface area contributed by atoms with E-state index in [-0.39, 0.29) is 11.4 Å². The first-order valence-corrected chi connectivity index (χ1v) is 8.07. The zero-order chi connectivity index (χ0) is 19.0. The third-order valence-electron chi connectivity index (χ3n) is 4.12. The standard InChI is InChI=1S/C18H13F3N4O2/c19-18(20,21)12-4-3-5-13(10-12)25-11-14(22-23-25)17(26)24-8-9-27-16-7-2-1-6-15(16)24/h1-7,10-11H,8-9H2. The molecule has 27 heavy (non-hydrogen) atoms. The van der Waals surface area contributed by atoms with Crippen LogP contribution in [0.4, 0.5) is 18.9 Å². The first-order chi connectivity index (χ1) is 12.9. The molecule has 0 fully saturated rings. The van der Waals surface area contributed by atoms with Gasteiger partial charge in [0, 0.05) is 0 Å². The largest absolute Gasteiger partial charge is 0.490 e. The molecule has 0 saturated carbocycles. The molecule has 1 aliphatic heterocycles. The molecule has 0 bridgehead atoms. The molecule has 0 spiro atoms. The van der Waals surface area contributed by atoms with Gasteiger partial charge in [-0.05, 0) is 30.3 Å². The number of aromatic nitrogens is 3. The average Bonchev–Trinajstić information content (AvgIpc) is 3.17. The van der Waals surface area contributed by atoms with Crippen molar-refractivity contribution in [1.82, 2.24) is 15.0 Å². The zero-order valence-electron chi connectivity index (χ0n) is 13.8. The monoisotopic (exact) mass is 374 g/mol. The summed E-state index contributed by atoms with van der Waals surface area (Å²) in [6, 6.07) is 11.8. The van der Waals surface area contributed by atoms with Crippen LogP contribution in [-0.4, -0.2) is 34.1 Å². The summed E-state index contributed by atoms with van der Waals surface area (Å²) in [5, 5.41) is 7.63. The van der Waals surface area contributed by atoms with Gasteiger partial charge in [-0.1, -0.05) is 23.4 Å². The van der Waals surface area contributed by atoms with E-state index < -0.39 is 17.6 Å². The molecule has 9 heteroatoms. The van der Waals surface area contributed by atoms with E-state index in [0.717, 1.165) is 16.8 Å². The minimum Gasteiger partial charge on any atom is -0.490 e. The summed E-state index contributed by atoms with van der Waals surface area (Å²) in [5.74, 6) is 0.186. The van der Waals surface area contributed by atoms with Crippen LogP contribution in [0.2, 0.25) is 0 Å². The Hall–Kier alpha value is -3.36. The van der Waals surface area contributed by atoms with Crippen LogP contribution < -0.4 is 9.64 Å². The molecule has 1 amide bonds. The number of halogens is 3. The Balaban J connectivity index is 1.63. The van der Waals surface area contributed by atoms with E-state index in [4.69, 9.17) is 4.74 Å². The van der Waals surface area contributed by atoms with Crippen molar-refractivity contribution >= 4 is 11.6 Å². The molecule has 6 nitrogen and oxygen atoms in total. The van der Waals surface area contributed by atoms with E-state index in [1.54, 1.807) is 24.3 Å². The normalized spacial score (nSPS) is 13.8. The van der Waals surface area contributed by atoms with Crippen LogP contribution in [0.25, 0.3) is 5.69 Å². The van der Waals surface area contributed by atoms with Gasteiger partial charge in [0.25, 0.3) is 5.91 Å². The third kappa shape index (κ3) is 3.23. The summed E-state index contributed by atoms with van der Waals surface area (Å²) < 4.78 is 45.3. The van der Waals surface area contributed by atoms with Crippen LogP contribution in [-0.2, 0) is 6.18 Å². The van der Waals surface area contributed by atoms with Crippen molar-refractivity contribution in [2.75, 3.05) is 18.1 Å². The Bertz CT molecular complexity index is 1000. The van der Waals surface area contributed by atoms with Gasteiger partial charge < -0.3 is 4.74 Å². The second-order valence-corrected chi connectivity index (χ2v) is 5.87. The fourth-order valence-corrected chi connectivity index (χ4v) is 2.83. The molecular formula is C18H13F3N4O2. The van der Waals surface area contributed by atoms with E-state index in [0.29, 0.717) is 24.6 Å². The van der Waals surface area contributed by atoms with E-state index in [1.165, 1.54) is 23.2 Å². The number of benzene rings is 2. The van der Waals surface area contributed by atoms with Crippen LogP contribution >= 0.6 is 0 Å². The lowest BCUT2D eigenvalue weighted by molar-refractivity contribution is -0.137. The van der Waals surface area contributed by atoms with Gasteiger partial charge in [0.05, 0.1) is 29.7 Å². The van der Waals surface area contributed by atoms with Crippen LogP contribution in [0.15, 0.2) is 54.7 Å². The fraction of sp³-hybridized carbons (Fsp3) is 0.167. The number of alkyl halides is 3. The lowest BCUT2D eigenvalue weighted by Crippen LogP contribution is -2.38. The Morgan fingerprint density at radius 3 is 2.74 bits per heavy atom. The van der Waals surface area contributed by atoms with Crippen molar-refractivity contribution in [1.29, 1.82) is 0 Å². The highest BCUT2D eigenvalue weighted by Crippen LogP contribution is 2.32. The number of para-hydroxylation sites is 2. The molecule has 4 rings (SSSR count). The Kier molecular flexibility index (Phi) is 4.06. The summed E-state index contributed by atoms with van der Waals surface area (Å²) in [7, 11) is 0. The molecule has 0 atom stereocenters.